The normalized spacial score (nSPS) is 37.9. The molecule has 3 rings (SSSR count). The highest BCUT2D eigenvalue weighted by molar-refractivity contribution is 5.72. The molecule has 2 aliphatic carbocycles. The second kappa shape index (κ2) is 9.46. The number of rotatable bonds is 6. The van der Waals surface area contributed by atoms with Crippen LogP contribution in [-0.4, -0.2) is 35.4 Å². The molecule has 1 aliphatic heterocycles. The van der Waals surface area contributed by atoms with E-state index in [4.69, 9.17) is 9.47 Å². The van der Waals surface area contributed by atoms with Crippen molar-refractivity contribution in [3.63, 3.8) is 0 Å². The fraction of sp³-hybridized carbons (Fsp3) is 0.750. The summed E-state index contributed by atoms with van der Waals surface area (Å²) in [4.78, 5) is 24.2. The minimum atomic E-state index is -0.597. The van der Waals surface area contributed by atoms with Gasteiger partial charge < -0.3 is 14.6 Å². The van der Waals surface area contributed by atoms with Crippen LogP contribution >= 0.6 is 0 Å². The second-order valence-electron chi connectivity index (χ2n) is 9.36. The molecule has 1 N–H and O–H groups in total. The van der Waals surface area contributed by atoms with Crippen LogP contribution in [0.2, 0.25) is 0 Å². The van der Waals surface area contributed by atoms with Crippen molar-refractivity contribution in [3.05, 3.63) is 23.8 Å². The minimum Gasteiger partial charge on any atom is -0.462 e. The molecule has 0 radical (unpaired) electrons. The van der Waals surface area contributed by atoms with Crippen LogP contribution in [0, 0.1) is 29.6 Å². The molecule has 8 atom stereocenters. The van der Waals surface area contributed by atoms with Gasteiger partial charge in [0.05, 0.1) is 18.4 Å². The van der Waals surface area contributed by atoms with Crippen molar-refractivity contribution in [1.29, 1.82) is 0 Å². The summed E-state index contributed by atoms with van der Waals surface area (Å²) in [5.41, 5.74) is 1.27. The summed E-state index contributed by atoms with van der Waals surface area (Å²) >= 11 is 0. The number of fused-ring (bicyclic) bond motifs is 1. The van der Waals surface area contributed by atoms with Crippen molar-refractivity contribution in [3.8, 4) is 0 Å². The second-order valence-corrected chi connectivity index (χ2v) is 9.36. The average molecular weight is 405 g/mol. The Bertz CT molecular complexity index is 666. The van der Waals surface area contributed by atoms with Crippen LogP contribution in [0.4, 0.5) is 0 Å². The third-order valence-electron chi connectivity index (χ3n) is 6.93. The zero-order valence-electron chi connectivity index (χ0n) is 18.2. The van der Waals surface area contributed by atoms with Gasteiger partial charge in [-0.1, -0.05) is 45.9 Å². The Morgan fingerprint density at radius 2 is 2.07 bits per heavy atom. The summed E-state index contributed by atoms with van der Waals surface area (Å²) in [7, 11) is 0. The lowest BCUT2D eigenvalue weighted by Gasteiger charge is -2.43. The van der Waals surface area contributed by atoms with Gasteiger partial charge in [-0.05, 0) is 49.0 Å². The van der Waals surface area contributed by atoms with Crippen molar-refractivity contribution < 1.29 is 24.2 Å². The molecule has 6 unspecified atom stereocenters. The molecular weight excluding hydrogens is 368 g/mol. The number of carbonyl (C=O) groups excluding carboxylic acids is 2. The first-order valence-corrected chi connectivity index (χ1v) is 11.3. The lowest BCUT2D eigenvalue weighted by molar-refractivity contribution is -0.162. The molecule has 5 nitrogen and oxygen atoms in total. The summed E-state index contributed by atoms with van der Waals surface area (Å²) in [6, 6.07) is 0. The van der Waals surface area contributed by atoms with Crippen LogP contribution in [0.5, 0.6) is 0 Å². The smallest absolute Gasteiger partial charge is 0.308 e. The molecule has 3 aliphatic rings. The maximum absolute atomic E-state index is 12.5. The molecule has 0 amide bonds. The maximum atomic E-state index is 12.5. The molecule has 1 fully saturated rings. The van der Waals surface area contributed by atoms with E-state index in [2.05, 4.69) is 32.1 Å². The Morgan fingerprint density at radius 3 is 2.76 bits per heavy atom. The standard InChI is InChI=1S/C24H36O5/c1-5-15(3)24(27)29-21-11-14(2)10-17-7-6-16(4)20(23(17)21)9-8-19-12-18(25)13-22(26)28-19/h6-7,10,14-16,18-21,23,25H,5,8-9,11-13H2,1-4H3/t14-,15?,16?,18?,19-,20?,21?,23?/m1/s1. The molecule has 0 spiro atoms. The van der Waals surface area contributed by atoms with Crippen molar-refractivity contribution >= 4 is 11.9 Å². The third-order valence-corrected chi connectivity index (χ3v) is 6.93. The maximum Gasteiger partial charge on any atom is 0.308 e. The zero-order chi connectivity index (χ0) is 21.1. The molecule has 29 heavy (non-hydrogen) atoms. The minimum absolute atomic E-state index is 0.0854. The quantitative estimate of drug-likeness (QED) is 0.672. The van der Waals surface area contributed by atoms with Gasteiger partial charge in [-0.15, -0.1) is 0 Å². The Balaban J connectivity index is 1.74. The van der Waals surface area contributed by atoms with Gasteiger partial charge in [0.2, 0.25) is 0 Å². The molecule has 0 aromatic heterocycles. The predicted molar refractivity (Wildman–Crippen MR) is 111 cm³/mol. The first-order valence-electron chi connectivity index (χ1n) is 11.3. The molecule has 1 saturated heterocycles. The van der Waals surface area contributed by atoms with Crippen LogP contribution < -0.4 is 0 Å². The zero-order valence-corrected chi connectivity index (χ0v) is 18.2. The summed E-state index contributed by atoms with van der Waals surface area (Å²) in [5, 5.41) is 9.89. The summed E-state index contributed by atoms with van der Waals surface area (Å²) in [6.07, 6.45) is 9.70. The number of allylic oxidation sites excluding steroid dienone is 3. The number of esters is 2. The van der Waals surface area contributed by atoms with Gasteiger partial charge in [0.25, 0.3) is 0 Å². The number of ether oxygens (including phenoxy) is 2. The van der Waals surface area contributed by atoms with Gasteiger partial charge in [0, 0.05) is 12.3 Å². The van der Waals surface area contributed by atoms with Gasteiger partial charge in [-0.25, -0.2) is 0 Å². The SMILES string of the molecule is CCC(C)C(=O)OC1C[C@H](C)C=C2C=CC(C)C(CC[C@@H]3CC(O)CC(=O)O3)C21. The average Bonchev–Trinajstić information content (AvgIpc) is 2.65. The monoisotopic (exact) mass is 404 g/mol. The van der Waals surface area contributed by atoms with Gasteiger partial charge in [0.1, 0.15) is 12.2 Å². The lowest BCUT2D eigenvalue weighted by atomic mass is 9.65. The summed E-state index contributed by atoms with van der Waals surface area (Å²) in [6.45, 7) is 8.33. The third kappa shape index (κ3) is 5.30. The topological polar surface area (TPSA) is 72.8 Å². The number of hydrogen-bond acceptors (Lipinski definition) is 5. The molecule has 0 bridgehead atoms. The number of cyclic esters (lactones) is 1. The Hall–Kier alpha value is -1.62. The van der Waals surface area contributed by atoms with Crippen molar-refractivity contribution in [2.45, 2.75) is 84.5 Å². The van der Waals surface area contributed by atoms with Gasteiger partial charge in [0.15, 0.2) is 0 Å². The van der Waals surface area contributed by atoms with Gasteiger partial charge in [-0.3, -0.25) is 9.59 Å². The van der Waals surface area contributed by atoms with E-state index < -0.39 is 6.10 Å². The highest BCUT2D eigenvalue weighted by atomic mass is 16.5. The van der Waals surface area contributed by atoms with E-state index in [1.54, 1.807) is 0 Å². The van der Waals surface area contributed by atoms with E-state index in [-0.39, 0.29) is 42.4 Å². The van der Waals surface area contributed by atoms with Crippen molar-refractivity contribution in [1.82, 2.24) is 0 Å². The van der Waals surface area contributed by atoms with E-state index in [1.807, 2.05) is 13.8 Å². The van der Waals surface area contributed by atoms with Crippen molar-refractivity contribution in [2.24, 2.45) is 29.6 Å². The molecule has 5 heteroatoms. The van der Waals surface area contributed by atoms with Crippen LogP contribution in [-0.2, 0) is 19.1 Å². The van der Waals surface area contributed by atoms with E-state index in [0.717, 1.165) is 25.7 Å². The summed E-state index contributed by atoms with van der Waals surface area (Å²) in [5.74, 6) is 0.755. The Labute approximate surface area is 174 Å². The first-order chi connectivity index (χ1) is 13.8. The van der Waals surface area contributed by atoms with Crippen LogP contribution in [0.15, 0.2) is 23.8 Å². The molecule has 1 heterocycles. The van der Waals surface area contributed by atoms with E-state index in [0.29, 0.717) is 24.2 Å². The van der Waals surface area contributed by atoms with E-state index >= 15 is 0 Å². The molecule has 0 aromatic carbocycles. The predicted octanol–water partition coefficient (Wildman–Crippen LogP) is 4.20. The largest absolute Gasteiger partial charge is 0.462 e. The molecule has 162 valence electrons. The fourth-order valence-corrected chi connectivity index (χ4v) is 5.07. The first kappa shape index (κ1) is 22.1. The van der Waals surface area contributed by atoms with Crippen LogP contribution in [0.3, 0.4) is 0 Å². The number of aliphatic hydroxyl groups is 1. The highest BCUT2D eigenvalue weighted by Crippen LogP contribution is 2.45. The van der Waals surface area contributed by atoms with E-state index in [9.17, 15) is 14.7 Å². The molecular formula is C24H36O5. The van der Waals surface area contributed by atoms with Gasteiger partial charge >= 0.3 is 11.9 Å². The molecule has 0 saturated carbocycles. The number of hydrogen-bond donors (Lipinski definition) is 1. The highest BCUT2D eigenvalue weighted by Gasteiger charge is 2.42. The summed E-state index contributed by atoms with van der Waals surface area (Å²) < 4.78 is 11.5. The van der Waals surface area contributed by atoms with Crippen LogP contribution in [0.1, 0.15) is 66.2 Å². The number of aliphatic hydroxyl groups excluding tert-OH is 1. The molecule has 0 aromatic rings. The number of carbonyl (C=O) groups is 2. The van der Waals surface area contributed by atoms with Crippen LogP contribution in [0.25, 0.3) is 0 Å². The van der Waals surface area contributed by atoms with E-state index in [1.165, 1.54) is 5.57 Å². The van der Waals surface area contributed by atoms with Gasteiger partial charge in [-0.2, -0.15) is 0 Å². The van der Waals surface area contributed by atoms with Crippen molar-refractivity contribution in [2.75, 3.05) is 0 Å². The fourth-order valence-electron chi connectivity index (χ4n) is 5.07. The Kier molecular flexibility index (Phi) is 7.20. The Morgan fingerprint density at radius 1 is 1.31 bits per heavy atom. The lowest BCUT2D eigenvalue weighted by Crippen LogP contribution is -2.42.